The van der Waals surface area contributed by atoms with Crippen LogP contribution in [0.25, 0.3) is 0 Å². The largest absolute Gasteiger partial charge is 0.395 e. The fourth-order valence-corrected chi connectivity index (χ4v) is 2.03. The van der Waals surface area contributed by atoms with Gasteiger partial charge >= 0.3 is 0 Å². The molecule has 100 valence electrons. The number of benzene rings is 1. The highest BCUT2D eigenvalue weighted by atomic mass is 16.3. The highest BCUT2D eigenvalue weighted by Gasteiger charge is 2.25. The van der Waals surface area contributed by atoms with Gasteiger partial charge in [0, 0.05) is 30.6 Å². The van der Waals surface area contributed by atoms with Crippen molar-refractivity contribution in [1.82, 2.24) is 4.90 Å². The van der Waals surface area contributed by atoms with Gasteiger partial charge in [0.2, 0.25) is 0 Å². The van der Waals surface area contributed by atoms with Crippen molar-refractivity contribution in [3.8, 4) is 11.8 Å². The van der Waals surface area contributed by atoms with Gasteiger partial charge in [-0.25, -0.2) is 0 Å². The van der Waals surface area contributed by atoms with Gasteiger partial charge < -0.3 is 15.1 Å². The number of carbonyl (C=O) groups excluding carboxylic acids is 1. The Balaban J connectivity index is 2.02. The lowest BCUT2D eigenvalue weighted by molar-refractivity contribution is 0.0765. The van der Waals surface area contributed by atoms with E-state index in [0.717, 1.165) is 5.56 Å². The first kappa shape index (κ1) is 13.6. The molecule has 0 spiro atoms. The number of hydrogen-bond donors (Lipinski definition) is 2. The lowest BCUT2D eigenvalue weighted by Gasteiger charge is -2.15. The second-order valence-corrected chi connectivity index (χ2v) is 4.55. The van der Waals surface area contributed by atoms with Crippen LogP contribution in [0.4, 0.5) is 0 Å². The molecule has 0 aliphatic carbocycles. The zero-order valence-corrected chi connectivity index (χ0v) is 10.7. The Morgan fingerprint density at radius 3 is 2.68 bits per heavy atom. The van der Waals surface area contributed by atoms with Crippen LogP contribution in [0, 0.1) is 11.8 Å². The normalized spacial score (nSPS) is 18.0. The lowest BCUT2D eigenvalue weighted by Crippen LogP contribution is -2.29. The van der Waals surface area contributed by atoms with Crippen LogP contribution in [-0.4, -0.2) is 46.8 Å². The minimum atomic E-state index is -0.396. The Morgan fingerprint density at radius 2 is 2.11 bits per heavy atom. The van der Waals surface area contributed by atoms with Crippen molar-refractivity contribution in [2.45, 2.75) is 18.9 Å². The number of rotatable bonds is 2. The molecule has 1 amide bonds. The molecule has 1 atom stereocenters. The number of carbonyl (C=O) groups is 1. The minimum absolute atomic E-state index is 0.0496. The maximum absolute atomic E-state index is 12.1. The van der Waals surface area contributed by atoms with E-state index < -0.39 is 6.10 Å². The summed E-state index contributed by atoms with van der Waals surface area (Å²) in [6.07, 6.45) is 0.704. The monoisotopic (exact) mass is 259 g/mol. The van der Waals surface area contributed by atoms with Crippen LogP contribution in [0.15, 0.2) is 24.3 Å². The van der Waals surface area contributed by atoms with E-state index in [-0.39, 0.29) is 12.5 Å². The summed E-state index contributed by atoms with van der Waals surface area (Å²) in [5.74, 6) is 5.70. The highest BCUT2D eigenvalue weighted by Crippen LogP contribution is 2.14. The number of nitrogens with zero attached hydrogens (tertiary/aromatic N) is 1. The molecule has 1 saturated heterocycles. The summed E-state index contributed by atoms with van der Waals surface area (Å²) >= 11 is 0. The summed E-state index contributed by atoms with van der Waals surface area (Å²) in [6.45, 7) is 1.08. The maximum atomic E-state index is 12.1. The molecule has 1 aromatic rings. The van der Waals surface area contributed by atoms with Gasteiger partial charge in [-0.15, -0.1) is 0 Å². The summed E-state index contributed by atoms with van der Waals surface area (Å²) in [5.41, 5.74) is 1.44. The van der Waals surface area contributed by atoms with Gasteiger partial charge in [0.25, 0.3) is 5.91 Å². The predicted molar refractivity (Wildman–Crippen MR) is 71.6 cm³/mol. The van der Waals surface area contributed by atoms with Gasteiger partial charge in [0.05, 0.1) is 12.7 Å². The van der Waals surface area contributed by atoms with Crippen LogP contribution in [0.2, 0.25) is 0 Å². The molecule has 1 aliphatic rings. The van der Waals surface area contributed by atoms with E-state index in [1.807, 2.05) is 0 Å². The van der Waals surface area contributed by atoms with Gasteiger partial charge in [0.15, 0.2) is 0 Å². The van der Waals surface area contributed by atoms with Crippen LogP contribution in [0.3, 0.4) is 0 Å². The van der Waals surface area contributed by atoms with Crippen molar-refractivity contribution in [3.05, 3.63) is 35.4 Å². The van der Waals surface area contributed by atoms with Crippen LogP contribution >= 0.6 is 0 Å². The Kier molecular flexibility index (Phi) is 4.56. The van der Waals surface area contributed by atoms with E-state index in [1.54, 1.807) is 29.2 Å². The predicted octanol–water partition coefficient (Wildman–Crippen LogP) is 0.627. The van der Waals surface area contributed by atoms with Crippen molar-refractivity contribution in [1.29, 1.82) is 0 Å². The van der Waals surface area contributed by atoms with E-state index in [2.05, 4.69) is 11.8 Å². The molecule has 19 heavy (non-hydrogen) atoms. The Bertz CT molecular complexity index is 498. The van der Waals surface area contributed by atoms with Gasteiger partial charge in [0.1, 0.15) is 0 Å². The maximum Gasteiger partial charge on any atom is 0.253 e. The van der Waals surface area contributed by atoms with Crippen LogP contribution in [0.1, 0.15) is 28.8 Å². The molecule has 0 bridgehead atoms. The van der Waals surface area contributed by atoms with Crippen molar-refractivity contribution in [2.75, 3.05) is 19.7 Å². The SMILES string of the molecule is O=C(c1ccc(C#CCCO)cc1)N1CCC(O)C1. The highest BCUT2D eigenvalue weighted by molar-refractivity contribution is 5.94. The zero-order valence-electron chi connectivity index (χ0n) is 10.7. The van der Waals surface area contributed by atoms with E-state index in [4.69, 9.17) is 5.11 Å². The fourth-order valence-electron chi connectivity index (χ4n) is 2.03. The lowest BCUT2D eigenvalue weighted by atomic mass is 10.1. The first-order valence-electron chi connectivity index (χ1n) is 6.38. The third-order valence-corrected chi connectivity index (χ3v) is 3.05. The number of aliphatic hydroxyl groups excluding tert-OH is 2. The number of hydrogen-bond acceptors (Lipinski definition) is 3. The molecule has 1 aliphatic heterocycles. The molecule has 2 rings (SSSR count). The van der Waals surface area contributed by atoms with Crippen molar-refractivity contribution < 1.29 is 15.0 Å². The molecule has 4 nitrogen and oxygen atoms in total. The van der Waals surface area contributed by atoms with Crippen LogP contribution < -0.4 is 0 Å². The third-order valence-electron chi connectivity index (χ3n) is 3.05. The zero-order chi connectivity index (χ0) is 13.7. The molecule has 0 radical (unpaired) electrons. The number of amides is 1. The molecule has 1 unspecified atom stereocenters. The van der Waals surface area contributed by atoms with E-state index in [0.29, 0.717) is 31.5 Å². The van der Waals surface area contributed by atoms with Gasteiger partial charge in [-0.05, 0) is 30.7 Å². The molecule has 1 aromatic carbocycles. The Morgan fingerprint density at radius 1 is 1.37 bits per heavy atom. The molecule has 4 heteroatoms. The van der Waals surface area contributed by atoms with Crippen molar-refractivity contribution >= 4 is 5.91 Å². The summed E-state index contributed by atoms with van der Waals surface area (Å²) < 4.78 is 0. The summed E-state index contributed by atoms with van der Waals surface area (Å²) in [4.78, 5) is 13.8. The third kappa shape index (κ3) is 3.57. The Hall–Kier alpha value is -1.83. The summed E-state index contributed by atoms with van der Waals surface area (Å²) in [5, 5.41) is 18.1. The number of aliphatic hydroxyl groups is 2. The van der Waals surface area contributed by atoms with Crippen LogP contribution in [-0.2, 0) is 0 Å². The van der Waals surface area contributed by atoms with E-state index >= 15 is 0 Å². The van der Waals surface area contributed by atoms with Gasteiger partial charge in [-0.1, -0.05) is 11.8 Å². The van der Waals surface area contributed by atoms with E-state index in [9.17, 15) is 9.90 Å². The average Bonchev–Trinajstić information content (AvgIpc) is 2.86. The number of likely N-dealkylation sites (tertiary alicyclic amines) is 1. The van der Waals surface area contributed by atoms with Gasteiger partial charge in [-0.2, -0.15) is 0 Å². The second-order valence-electron chi connectivity index (χ2n) is 4.55. The topological polar surface area (TPSA) is 60.8 Å². The molecule has 0 aromatic heterocycles. The molecule has 1 heterocycles. The minimum Gasteiger partial charge on any atom is -0.395 e. The molecular formula is C15H17NO3. The van der Waals surface area contributed by atoms with Crippen molar-refractivity contribution in [2.24, 2.45) is 0 Å². The molecule has 2 N–H and O–H groups in total. The standard InChI is InChI=1S/C15H17NO3/c17-10-2-1-3-12-4-6-13(7-5-12)15(19)16-9-8-14(18)11-16/h4-7,14,17-18H,2,8-11H2. The van der Waals surface area contributed by atoms with Crippen LogP contribution in [0.5, 0.6) is 0 Å². The average molecular weight is 259 g/mol. The molecular weight excluding hydrogens is 242 g/mol. The van der Waals surface area contributed by atoms with Gasteiger partial charge in [-0.3, -0.25) is 4.79 Å². The first-order chi connectivity index (χ1) is 9.20. The number of β-amino-alcohol motifs (C(OH)–C–C–N with tert-alkyl or cyclic N) is 1. The first-order valence-corrected chi connectivity index (χ1v) is 6.38. The quantitative estimate of drug-likeness (QED) is 0.766. The second kappa shape index (κ2) is 6.37. The molecule has 1 fully saturated rings. The summed E-state index contributed by atoms with van der Waals surface area (Å²) in [6, 6.07) is 7.08. The summed E-state index contributed by atoms with van der Waals surface area (Å²) in [7, 11) is 0. The van der Waals surface area contributed by atoms with Crippen molar-refractivity contribution in [3.63, 3.8) is 0 Å². The van der Waals surface area contributed by atoms with E-state index in [1.165, 1.54) is 0 Å². The Labute approximate surface area is 112 Å². The molecule has 0 saturated carbocycles. The smallest absolute Gasteiger partial charge is 0.253 e. The fraction of sp³-hybridized carbons (Fsp3) is 0.400.